The number of hydrogen-bond donors (Lipinski definition) is 2. The third-order valence-electron chi connectivity index (χ3n) is 4.43. The quantitative estimate of drug-likeness (QED) is 0.749. The Morgan fingerprint density at radius 3 is 2.33 bits per heavy atom. The summed E-state index contributed by atoms with van der Waals surface area (Å²) in [5, 5.41) is 12.2. The highest BCUT2D eigenvalue weighted by Gasteiger charge is 2.46. The minimum absolute atomic E-state index is 0.309. The van der Waals surface area contributed by atoms with E-state index in [2.05, 4.69) is 12.2 Å². The molecule has 0 radical (unpaired) electrons. The molecule has 0 aliphatic heterocycles. The van der Waals surface area contributed by atoms with Crippen LogP contribution in [0.15, 0.2) is 0 Å². The third-order valence-corrected chi connectivity index (χ3v) is 4.43. The summed E-state index contributed by atoms with van der Waals surface area (Å²) in [6.45, 7) is 2.29. The molecule has 2 N–H and O–H groups in total. The largest absolute Gasteiger partial charge is 0.481 e. The molecule has 0 aromatic rings. The molecule has 2 fully saturated rings. The fraction of sp³-hybridized carbons (Fsp3) is 0.917. The van der Waals surface area contributed by atoms with E-state index in [1.165, 1.54) is 12.8 Å². The predicted octanol–water partition coefficient (Wildman–Crippen LogP) is 1.88. The van der Waals surface area contributed by atoms with Gasteiger partial charge >= 0.3 is 5.97 Å². The van der Waals surface area contributed by atoms with E-state index in [1.54, 1.807) is 0 Å². The molecule has 2 aliphatic carbocycles. The maximum atomic E-state index is 10.6. The van der Waals surface area contributed by atoms with Crippen molar-refractivity contribution < 1.29 is 9.90 Å². The summed E-state index contributed by atoms with van der Waals surface area (Å²) in [6, 6.07) is 0. The van der Waals surface area contributed by atoms with Crippen LogP contribution in [0.4, 0.5) is 0 Å². The molecular formula is C12H21NO2. The van der Waals surface area contributed by atoms with Crippen LogP contribution in [0.3, 0.4) is 0 Å². The number of hydrogen-bond acceptors (Lipinski definition) is 2. The van der Waals surface area contributed by atoms with E-state index in [0.717, 1.165) is 24.7 Å². The van der Waals surface area contributed by atoms with E-state index in [1.807, 2.05) is 7.05 Å². The fourth-order valence-corrected chi connectivity index (χ4v) is 3.70. The van der Waals surface area contributed by atoms with Crippen molar-refractivity contribution in [1.29, 1.82) is 0 Å². The second-order valence-corrected chi connectivity index (χ2v) is 5.67. The summed E-state index contributed by atoms with van der Waals surface area (Å²) in [5.74, 6) is 1.36. The van der Waals surface area contributed by atoms with Crippen molar-refractivity contribution in [1.82, 2.24) is 5.32 Å². The molecular weight excluding hydrogens is 190 g/mol. The molecule has 3 heteroatoms. The topological polar surface area (TPSA) is 49.3 Å². The van der Waals surface area contributed by atoms with Crippen molar-refractivity contribution in [3.05, 3.63) is 0 Å². The monoisotopic (exact) mass is 211 g/mol. The van der Waals surface area contributed by atoms with E-state index in [-0.39, 0.29) is 0 Å². The normalized spacial score (nSPS) is 44.3. The Labute approximate surface area is 91.2 Å². The molecule has 4 atom stereocenters. The number of aliphatic carboxylic acids is 1. The van der Waals surface area contributed by atoms with Gasteiger partial charge in [0.25, 0.3) is 0 Å². The fourth-order valence-electron chi connectivity index (χ4n) is 3.70. The SMILES string of the molecule is CNC1(C)C[C@H]2CC(CC(=O)O)C[C@H]2C1. The van der Waals surface area contributed by atoms with Gasteiger partial charge in [0, 0.05) is 12.0 Å². The van der Waals surface area contributed by atoms with Gasteiger partial charge in [-0.3, -0.25) is 4.79 Å². The summed E-state index contributed by atoms with van der Waals surface area (Å²) in [4.78, 5) is 10.6. The first-order valence-electron chi connectivity index (χ1n) is 5.93. The first kappa shape index (κ1) is 10.9. The number of carboxylic acids is 1. The van der Waals surface area contributed by atoms with Gasteiger partial charge in [0.1, 0.15) is 0 Å². The van der Waals surface area contributed by atoms with Crippen molar-refractivity contribution in [3.63, 3.8) is 0 Å². The molecule has 2 rings (SSSR count). The second kappa shape index (κ2) is 3.78. The molecule has 0 aromatic heterocycles. The van der Waals surface area contributed by atoms with Crippen LogP contribution in [0, 0.1) is 17.8 Å². The molecule has 0 heterocycles. The molecule has 15 heavy (non-hydrogen) atoms. The van der Waals surface area contributed by atoms with Crippen molar-refractivity contribution in [3.8, 4) is 0 Å². The number of carboxylic acid groups (broad SMARTS) is 1. The summed E-state index contributed by atoms with van der Waals surface area (Å²) < 4.78 is 0. The van der Waals surface area contributed by atoms with Gasteiger partial charge in [-0.1, -0.05) is 0 Å². The second-order valence-electron chi connectivity index (χ2n) is 5.67. The van der Waals surface area contributed by atoms with Gasteiger partial charge in [-0.25, -0.2) is 0 Å². The van der Waals surface area contributed by atoms with Gasteiger partial charge in [0.05, 0.1) is 0 Å². The summed E-state index contributed by atoms with van der Waals surface area (Å²) in [6.07, 6.45) is 5.10. The van der Waals surface area contributed by atoms with Gasteiger partial charge < -0.3 is 10.4 Å². The Kier molecular flexibility index (Phi) is 2.75. The molecule has 0 spiro atoms. The zero-order valence-electron chi connectivity index (χ0n) is 9.62. The van der Waals surface area contributed by atoms with Gasteiger partial charge in [-0.2, -0.15) is 0 Å². The highest BCUT2D eigenvalue weighted by molar-refractivity contribution is 5.67. The van der Waals surface area contributed by atoms with Crippen LogP contribution in [-0.2, 0) is 4.79 Å². The third kappa shape index (κ3) is 2.17. The Hall–Kier alpha value is -0.570. The van der Waals surface area contributed by atoms with Gasteiger partial charge in [0.2, 0.25) is 0 Å². The first-order chi connectivity index (χ1) is 7.02. The molecule has 86 valence electrons. The number of rotatable bonds is 3. The standard InChI is InChI=1S/C12H21NO2/c1-12(13-2)6-9-3-8(5-11(14)15)4-10(9)7-12/h8-10,13H,3-7H2,1-2H3,(H,14,15)/t8?,9-,10+,12?. The molecule has 2 saturated carbocycles. The zero-order valence-corrected chi connectivity index (χ0v) is 9.62. The van der Waals surface area contributed by atoms with Gasteiger partial charge in [-0.05, 0) is 57.4 Å². The molecule has 2 unspecified atom stereocenters. The Morgan fingerprint density at radius 1 is 1.40 bits per heavy atom. The van der Waals surface area contributed by atoms with E-state index >= 15 is 0 Å². The van der Waals surface area contributed by atoms with Crippen LogP contribution in [0.25, 0.3) is 0 Å². The molecule has 0 saturated heterocycles. The van der Waals surface area contributed by atoms with E-state index < -0.39 is 5.97 Å². The van der Waals surface area contributed by atoms with Crippen molar-refractivity contribution in [2.75, 3.05) is 7.05 Å². The first-order valence-corrected chi connectivity index (χ1v) is 5.93. The molecule has 2 aliphatic rings. The van der Waals surface area contributed by atoms with Crippen LogP contribution in [-0.4, -0.2) is 23.7 Å². The van der Waals surface area contributed by atoms with Crippen LogP contribution in [0.1, 0.15) is 39.0 Å². The maximum absolute atomic E-state index is 10.6. The van der Waals surface area contributed by atoms with Crippen molar-refractivity contribution in [2.45, 2.75) is 44.6 Å². The molecule has 0 bridgehead atoms. The number of nitrogens with one attached hydrogen (secondary N) is 1. The van der Waals surface area contributed by atoms with Crippen LogP contribution < -0.4 is 5.32 Å². The molecule has 3 nitrogen and oxygen atoms in total. The highest BCUT2D eigenvalue weighted by Crippen LogP contribution is 2.51. The lowest BCUT2D eigenvalue weighted by Gasteiger charge is -2.25. The molecule has 0 aromatic carbocycles. The van der Waals surface area contributed by atoms with E-state index in [0.29, 0.717) is 17.9 Å². The van der Waals surface area contributed by atoms with Crippen LogP contribution in [0.2, 0.25) is 0 Å². The predicted molar refractivity (Wildman–Crippen MR) is 58.7 cm³/mol. The van der Waals surface area contributed by atoms with Crippen molar-refractivity contribution >= 4 is 5.97 Å². The lowest BCUT2D eigenvalue weighted by Crippen LogP contribution is -2.37. The number of fused-ring (bicyclic) bond motifs is 1. The van der Waals surface area contributed by atoms with Gasteiger partial charge in [0.15, 0.2) is 0 Å². The lowest BCUT2D eigenvalue weighted by molar-refractivity contribution is -0.138. The van der Waals surface area contributed by atoms with Crippen molar-refractivity contribution in [2.24, 2.45) is 17.8 Å². The smallest absolute Gasteiger partial charge is 0.303 e. The lowest BCUT2D eigenvalue weighted by atomic mass is 9.92. The Morgan fingerprint density at radius 2 is 1.93 bits per heavy atom. The average Bonchev–Trinajstić information content (AvgIpc) is 2.58. The summed E-state index contributed by atoms with van der Waals surface area (Å²) in [7, 11) is 2.04. The van der Waals surface area contributed by atoms with Gasteiger partial charge in [-0.15, -0.1) is 0 Å². The van der Waals surface area contributed by atoms with E-state index in [4.69, 9.17) is 5.11 Å². The van der Waals surface area contributed by atoms with E-state index in [9.17, 15) is 4.79 Å². The Balaban J connectivity index is 1.90. The minimum Gasteiger partial charge on any atom is -0.481 e. The summed E-state index contributed by atoms with van der Waals surface area (Å²) in [5.41, 5.74) is 0.309. The Bertz CT molecular complexity index is 250. The number of carbonyl (C=O) groups is 1. The zero-order chi connectivity index (χ0) is 11.1. The maximum Gasteiger partial charge on any atom is 0.303 e. The summed E-state index contributed by atoms with van der Waals surface area (Å²) >= 11 is 0. The minimum atomic E-state index is -0.628. The average molecular weight is 211 g/mol. The van der Waals surface area contributed by atoms with Crippen LogP contribution in [0.5, 0.6) is 0 Å². The highest BCUT2D eigenvalue weighted by atomic mass is 16.4. The van der Waals surface area contributed by atoms with Crippen LogP contribution >= 0.6 is 0 Å². The molecule has 0 amide bonds.